The molecule has 0 amide bonds. The second-order valence-corrected chi connectivity index (χ2v) is 6.79. The van der Waals surface area contributed by atoms with Gasteiger partial charge in [-0.3, -0.25) is 4.79 Å². The number of Topliss-reactive ketones (excluding diaryl/α,β-unsaturated/α-hetero) is 1. The molecule has 1 nitrogen and oxygen atoms in total. The van der Waals surface area contributed by atoms with Gasteiger partial charge in [0, 0.05) is 10.5 Å². The largest absolute Gasteiger partial charge is 0.293 e. The van der Waals surface area contributed by atoms with Crippen molar-refractivity contribution in [3.8, 4) is 0 Å². The van der Waals surface area contributed by atoms with E-state index < -0.39 is 5.41 Å². The Bertz CT molecular complexity index is 810. The topological polar surface area (TPSA) is 17.1 Å². The Morgan fingerprint density at radius 3 is 1.79 bits per heavy atom. The fourth-order valence-electron chi connectivity index (χ4n) is 3.00. The van der Waals surface area contributed by atoms with Gasteiger partial charge in [-0.05, 0) is 36.4 Å². The molecule has 0 aliphatic rings. The molecule has 24 heavy (non-hydrogen) atoms. The Balaban J connectivity index is 2.15. The lowest BCUT2D eigenvalue weighted by molar-refractivity contribution is 0.0922. The van der Waals surface area contributed by atoms with E-state index in [0.29, 0.717) is 0 Å². The molecule has 0 saturated heterocycles. The molecule has 0 fully saturated rings. The van der Waals surface area contributed by atoms with Crippen molar-refractivity contribution in [1.82, 2.24) is 0 Å². The van der Waals surface area contributed by atoms with Gasteiger partial charge in [0.25, 0.3) is 0 Å². The van der Waals surface area contributed by atoms with Crippen LogP contribution in [0.15, 0.2) is 89.8 Å². The standard InChI is InChI=1S/C22H20OS/c1-22(18-11-7-4-8-12-18,19-13-15-20(24-2)16-14-19)21(23)17-9-5-3-6-10-17/h3-16H,1-2H3. The van der Waals surface area contributed by atoms with Gasteiger partial charge in [0.15, 0.2) is 5.78 Å². The summed E-state index contributed by atoms with van der Waals surface area (Å²) in [7, 11) is 0. The molecule has 0 spiro atoms. The number of carbonyl (C=O) groups is 1. The molecule has 120 valence electrons. The molecule has 0 radical (unpaired) electrons. The van der Waals surface area contributed by atoms with Crippen molar-refractivity contribution in [1.29, 1.82) is 0 Å². The average molecular weight is 332 g/mol. The Kier molecular flexibility index (Phi) is 4.86. The summed E-state index contributed by atoms with van der Waals surface area (Å²) in [4.78, 5) is 14.6. The molecule has 0 saturated carbocycles. The van der Waals surface area contributed by atoms with Crippen LogP contribution in [0.2, 0.25) is 0 Å². The highest BCUT2D eigenvalue weighted by Crippen LogP contribution is 2.36. The first kappa shape index (κ1) is 16.5. The third-order valence-electron chi connectivity index (χ3n) is 4.51. The molecule has 1 unspecified atom stereocenters. The average Bonchev–Trinajstić information content (AvgIpc) is 2.68. The van der Waals surface area contributed by atoms with Crippen LogP contribution >= 0.6 is 11.8 Å². The van der Waals surface area contributed by atoms with E-state index in [-0.39, 0.29) is 5.78 Å². The number of ketones is 1. The van der Waals surface area contributed by atoms with Gasteiger partial charge in [0.05, 0.1) is 5.41 Å². The minimum Gasteiger partial charge on any atom is -0.293 e. The quantitative estimate of drug-likeness (QED) is 0.447. The summed E-state index contributed by atoms with van der Waals surface area (Å²) < 4.78 is 0. The number of hydrogen-bond acceptors (Lipinski definition) is 2. The third kappa shape index (κ3) is 3.02. The van der Waals surface area contributed by atoms with Gasteiger partial charge in [0.2, 0.25) is 0 Å². The number of rotatable bonds is 5. The van der Waals surface area contributed by atoms with Crippen LogP contribution in [0.3, 0.4) is 0 Å². The molecule has 0 N–H and O–H groups in total. The van der Waals surface area contributed by atoms with Crippen LogP contribution in [0.4, 0.5) is 0 Å². The maximum atomic E-state index is 13.4. The van der Waals surface area contributed by atoms with E-state index in [2.05, 4.69) is 30.5 Å². The number of hydrogen-bond donors (Lipinski definition) is 0. The summed E-state index contributed by atoms with van der Waals surface area (Å²) in [5, 5.41) is 0. The van der Waals surface area contributed by atoms with Crippen LogP contribution in [0, 0.1) is 0 Å². The Morgan fingerprint density at radius 1 is 0.750 bits per heavy atom. The first-order valence-corrected chi connectivity index (χ1v) is 9.18. The zero-order valence-electron chi connectivity index (χ0n) is 13.9. The summed E-state index contributed by atoms with van der Waals surface area (Å²) in [5.41, 5.74) is 2.05. The van der Waals surface area contributed by atoms with E-state index in [1.165, 1.54) is 4.90 Å². The molecule has 0 aliphatic carbocycles. The van der Waals surface area contributed by atoms with Gasteiger partial charge in [-0.25, -0.2) is 0 Å². The van der Waals surface area contributed by atoms with Crippen LogP contribution in [0.25, 0.3) is 0 Å². The molecule has 2 heteroatoms. The number of thioether (sulfide) groups is 1. The van der Waals surface area contributed by atoms with Gasteiger partial charge in [0.1, 0.15) is 0 Å². The van der Waals surface area contributed by atoms with E-state index in [1.54, 1.807) is 11.8 Å². The maximum Gasteiger partial charge on any atom is 0.177 e. The van der Waals surface area contributed by atoms with Crippen molar-refractivity contribution in [3.05, 3.63) is 102 Å². The fraction of sp³-hybridized carbons (Fsp3) is 0.136. The van der Waals surface area contributed by atoms with Gasteiger partial charge >= 0.3 is 0 Å². The Hall–Kier alpha value is -2.32. The lowest BCUT2D eigenvalue weighted by Gasteiger charge is -2.30. The minimum atomic E-state index is -0.709. The SMILES string of the molecule is CSc1ccc(C(C)(C(=O)c2ccccc2)c2ccccc2)cc1. The highest BCUT2D eigenvalue weighted by molar-refractivity contribution is 7.98. The van der Waals surface area contributed by atoms with E-state index in [4.69, 9.17) is 0 Å². The van der Waals surface area contributed by atoms with Crippen molar-refractivity contribution in [3.63, 3.8) is 0 Å². The summed E-state index contributed by atoms with van der Waals surface area (Å²) in [5.74, 6) is 0.117. The number of benzene rings is 3. The van der Waals surface area contributed by atoms with E-state index in [9.17, 15) is 4.79 Å². The molecule has 0 bridgehead atoms. The van der Waals surface area contributed by atoms with Crippen molar-refractivity contribution in [2.75, 3.05) is 6.26 Å². The van der Waals surface area contributed by atoms with Crippen molar-refractivity contribution in [2.45, 2.75) is 17.2 Å². The van der Waals surface area contributed by atoms with Crippen LogP contribution in [-0.4, -0.2) is 12.0 Å². The summed E-state index contributed by atoms with van der Waals surface area (Å²) in [6, 6.07) is 27.9. The van der Waals surface area contributed by atoms with E-state index >= 15 is 0 Å². The molecular weight excluding hydrogens is 312 g/mol. The lowest BCUT2D eigenvalue weighted by Crippen LogP contribution is -2.34. The van der Waals surface area contributed by atoms with Crippen LogP contribution in [0.5, 0.6) is 0 Å². The van der Waals surface area contributed by atoms with Crippen LogP contribution in [0.1, 0.15) is 28.4 Å². The molecule has 0 heterocycles. The second kappa shape index (κ2) is 7.06. The molecule has 3 rings (SSSR count). The zero-order valence-corrected chi connectivity index (χ0v) is 14.7. The Morgan fingerprint density at radius 2 is 1.25 bits per heavy atom. The monoisotopic (exact) mass is 332 g/mol. The fourth-order valence-corrected chi connectivity index (χ4v) is 3.41. The van der Waals surface area contributed by atoms with E-state index in [0.717, 1.165) is 16.7 Å². The summed E-state index contributed by atoms with van der Waals surface area (Å²) >= 11 is 1.70. The minimum absolute atomic E-state index is 0.117. The predicted octanol–water partition coefficient (Wildman–Crippen LogP) is 5.60. The zero-order chi connectivity index (χ0) is 17.0. The number of carbonyl (C=O) groups excluding carboxylic acids is 1. The first-order valence-electron chi connectivity index (χ1n) is 7.96. The molecule has 1 atom stereocenters. The third-order valence-corrected chi connectivity index (χ3v) is 5.25. The van der Waals surface area contributed by atoms with Gasteiger partial charge in [-0.1, -0.05) is 72.8 Å². The van der Waals surface area contributed by atoms with Crippen LogP contribution in [-0.2, 0) is 5.41 Å². The molecule has 0 aromatic heterocycles. The maximum absolute atomic E-state index is 13.4. The van der Waals surface area contributed by atoms with Crippen molar-refractivity contribution >= 4 is 17.5 Å². The van der Waals surface area contributed by atoms with E-state index in [1.807, 2.05) is 67.6 Å². The molecular formula is C22H20OS. The van der Waals surface area contributed by atoms with Crippen molar-refractivity contribution in [2.24, 2.45) is 0 Å². The normalized spacial score (nSPS) is 13.2. The molecule has 0 aliphatic heterocycles. The lowest BCUT2D eigenvalue weighted by atomic mass is 9.71. The predicted molar refractivity (Wildman–Crippen MR) is 102 cm³/mol. The second-order valence-electron chi connectivity index (χ2n) is 5.91. The summed E-state index contributed by atoms with van der Waals surface area (Å²) in [6.07, 6.45) is 2.06. The molecule has 3 aromatic carbocycles. The smallest absolute Gasteiger partial charge is 0.177 e. The van der Waals surface area contributed by atoms with Gasteiger partial charge in [-0.15, -0.1) is 11.8 Å². The van der Waals surface area contributed by atoms with Crippen molar-refractivity contribution < 1.29 is 4.79 Å². The highest BCUT2D eigenvalue weighted by atomic mass is 32.2. The van der Waals surface area contributed by atoms with Gasteiger partial charge < -0.3 is 0 Å². The Labute approximate surface area is 147 Å². The van der Waals surface area contributed by atoms with Crippen LogP contribution < -0.4 is 0 Å². The van der Waals surface area contributed by atoms with Gasteiger partial charge in [-0.2, -0.15) is 0 Å². The highest BCUT2D eigenvalue weighted by Gasteiger charge is 2.37. The summed E-state index contributed by atoms with van der Waals surface area (Å²) in [6.45, 7) is 2.02. The first-order chi connectivity index (χ1) is 11.7. The molecule has 3 aromatic rings.